The fourth-order valence-electron chi connectivity index (χ4n) is 3.46. The van der Waals surface area contributed by atoms with Crippen LogP contribution in [0.25, 0.3) is 5.57 Å². The third-order valence-corrected chi connectivity index (χ3v) is 4.84. The highest BCUT2D eigenvalue weighted by Gasteiger charge is 2.52. The highest BCUT2D eigenvalue weighted by molar-refractivity contribution is 6.57. The van der Waals surface area contributed by atoms with E-state index in [4.69, 9.17) is 5.11 Å². The van der Waals surface area contributed by atoms with Crippen molar-refractivity contribution in [3.63, 3.8) is 0 Å². The summed E-state index contributed by atoms with van der Waals surface area (Å²) in [4.78, 5) is 0. The Morgan fingerprint density at radius 1 is 1.10 bits per heavy atom. The van der Waals surface area contributed by atoms with Crippen molar-refractivity contribution >= 4 is 18.8 Å². The van der Waals surface area contributed by atoms with Gasteiger partial charge in [-0.15, -0.1) is 0 Å². The van der Waals surface area contributed by atoms with Crippen molar-refractivity contribution < 1.29 is 45.6 Å². The number of benzene rings is 1. The Morgan fingerprint density at radius 3 is 2.40 bits per heavy atom. The molecule has 0 fully saturated rings. The predicted octanol–water partition coefficient (Wildman–Crippen LogP) is 2.43. The molecule has 3 heterocycles. The first kappa shape index (κ1) is 20.3. The molecule has 1 atom stereocenters. The maximum absolute atomic E-state index is 14.9. The summed E-state index contributed by atoms with van der Waals surface area (Å²) in [6.45, 7) is -6.02. The molecule has 0 bridgehead atoms. The van der Waals surface area contributed by atoms with E-state index in [1.165, 1.54) is 12.1 Å². The molecule has 0 radical (unpaired) electrons. The van der Waals surface area contributed by atoms with Crippen molar-refractivity contribution in [3.8, 4) is 5.75 Å². The Bertz CT molecular complexity index is 1110. The van der Waals surface area contributed by atoms with Crippen molar-refractivity contribution in [2.75, 3.05) is 13.2 Å². The van der Waals surface area contributed by atoms with Crippen LogP contribution in [0.1, 0.15) is 11.3 Å². The molecule has 5 nitrogen and oxygen atoms in total. The molecule has 0 saturated carbocycles. The maximum atomic E-state index is 14.9. The number of nitrogens with zero attached hydrogens (tertiary/aromatic N) is 2. The zero-order chi connectivity index (χ0) is 21.8. The van der Waals surface area contributed by atoms with Crippen LogP contribution in [0, 0.1) is 23.3 Å². The number of hydrogen-bond acceptors (Lipinski definition) is 3. The molecule has 2 aliphatic rings. The summed E-state index contributed by atoms with van der Waals surface area (Å²) in [6, 6.07) is 2.37. The second-order valence-electron chi connectivity index (χ2n) is 6.67. The third-order valence-electron chi connectivity index (χ3n) is 4.84. The Hall–Kier alpha value is -2.99. The molecule has 0 spiro atoms. The number of aliphatic hydroxyl groups excluding tert-OH is 2. The van der Waals surface area contributed by atoms with E-state index in [1.807, 2.05) is 0 Å². The minimum Gasteiger partial charge on any atom is -0.485 e. The average molecular weight is 430 g/mol. The van der Waals surface area contributed by atoms with Gasteiger partial charge in [-0.2, -0.15) is 8.78 Å². The monoisotopic (exact) mass is 430 g/mol. The Labute approximate surface area is 165 Å². The van der Waals surface area contributed by atoms with Crippen molar-refractivity contribution in [2.45, 2.75) is 6.10 Å². The fourth-order valence-corrected chi connectivity index (χ4v) is 3.46. The summed E-state index contributed by atoms with van der Waals surface area (Å²) in [7, 11) is 0. The first-order valence-corrected chi connectivity index (χ1v) is 8.72. The van der Waals surface area contributed by atoms with Gasteiger partial charge in [-0.25, -0.2) is 8.78 Å². The van der Waals surface area contributed by atoms with Gasteiger partial charge in [0.05, 0.1) is 17.7 Å². The third kappa shape index (κ3) is 2.78. The molecule has 30 heavy (non-hydrogen) atoms. The van der Waals surface area contributed by atoms with Crippen molar-refractivity contribution in [1.82, 2.24) is 4.48 Å². The second-order valence-corrected chi connectivity index (χ2v) is 6.67. The number of rotatable bonds is 5. The topological polar surface area (TPSA) is 57.6 Å². The lowest BCUT2D eigenvalue weighted by Crippen LogP contribution is -2.49. The molecule has 1 unspecified atom stereocenters. The first-order valence-electron chi connectivity index (χ1n) is 8.72. The highest BCUT2D eigenvalue weighted by Crippen LogP contribution is 2.42. The van der Waals surface area contributed by atoms with Gasteiger partial charge in [-0.05, 0) is 18.3 Å². The van der Waals surface area contributed by atoms with E-state index in [0.717, 1.165) is 24.6 Å². The quantitative estimate of drug-likeness (QED) is 0.436. The molecule has 0 amide bonds. The van der Waals surface area contributed by atoms with E-state index >= 15 is 0 Å². The van der Waals surface area contributed by atoms with Crippen LogP contribution in [0.3, 0.4) is 0 Å². The molecular weight excluding hydrogens is 417 g/mol. The van der Waals surface area contributed by atoms with Gasteiger partial charge in [0.2, 0.25) is 11.6 Å². The van der Waals surface area contributed by atoms with Crippen molar-refractivity contribution in [1.29, 1.82) is 0 Å². The van der Waals surface area contributed by atoms with Crippen LogP contribution in [0.4, 0.5) is 26.2 Å². The molecule has 1 aromatic heterocycles. The summed E-state index contributed by atoms with van der Waals surface area (Å²) in [5.41, 5.74) is -2.29. The largest absolute Gasteiger partial charge is 0.737 e. The minimum atomic E-state index is -4.37. The number of allylic oxidation sites excluding steroid dienone is 2. The molecule has 0 saturated heterocycles. The number of aliphatic hydroxyl groups is 2. The summed E-state index contributed by atoms with van der Waals surface area (Å²) in [5.74, 6) is -8.94. The lowest BCUT2D eigenvalue weighted by atomic mass is 9.86. The molecule has 1 aromatic carbocycles. The van der Waals surface area contributed by atoms with Crippen LogP contribution in [-0.4, -0.2) is 51.7 Å². The van der Waals surface area contributed by atoms with Gasteiger partial charge in [0.25, 0.3) is 0 Å². The van der Waals surface area contributed by atoms with Crippen LogP contribution in [-0.2, 0) is 0 Å². The highest BCUT2D eigenvalue weighted by atomic mass is 19.2. The molecular formula is C18H13BF6N2O3. The van der Waals surface area contributed by atoms with E-state index in [1.54, 1.807) is 0 Å². The molecule has 2 aliphatic heterocycles. The zero-order valence-electron chi connectivity index (χ0n) is 15.0. The normalized spacial score (nSPS) is 17.7. The Morgan fingerprint density at radius 2 is 1.77 bits per heavy atom. The first-order chi connectivity index (χ1) is 14.2. The van der Waals surface area contributed by atoms with Crippen molar-refractivity contribution in [2.24, 2.45) is 0 Å². The molecule has 0 aliphatic carbocycles. The number of aromatic nitrogens is 1. The van der Waals surface area contributed by atoms with E-state index < -0.39 is 66.4 Å². The van der Waals surface area contributed by atoms with E-state index in [9.17, 15) is 31.3 Å². The van der Waals surface area contributed by atoms with Gasteiger partial charge in [-0.1, -0.05) is 0 Å². The minimum absolute atomic E-state index is 0.327. The van der Waals surface area contributed by atoms with E-state index in [0.29, 0.717) is 8.96 Å². The van der Waals surface area contributed by atoms with Gasteiger partial charge in [-0.3, -0.25) is 0 Å². The lowest BCUT2D eigenvalue weighted by molar-refractivity contribution is -0.356. The van der Waals surface area contributed by atoms with Crippen LogP contribution >= 0.6 is 0 Å². The standard InChI is InChI=1S/C18H13BF6N2O3/c20-14-13(15(21)17(23)18(16(14)22)30-8-9(29)7-28)12-10-3-1-5-26(10)19(24,25)27-6-2-4-11(12)27/h1-6,9,28-29H,7-8H2. The summed E-state index contributed by atoms with van der Waals surface area (Å²) in [5, 5.41) is 18.0. The van der Waals surface area contributed by atoms with Crippen LogP contribution in [0.15, 0.2) is 36.2 Å². The van der Waals surface area contributed by atoms with Gasteiger partial charge in [0.15, 0.2) is 23.1 Å². The van der Waals surface area contributed by atoms with Gasteiger partial charge < -0.3 is 32.5 Å². The molecule has 4 rings (SSSR count). The zero-order valence-corrected chi connectivity index (χ0v) is 15.0. The van der Waals surface area contributed by atoms with Gasteiger partial charge in [0, 0.05) is 17.8 Å². The van der Waals surface area contributed by atoms with Crippen LogP contribution < -0.4 is 4.74 Å². The summed E-state index contributed by atoms with van der Waals surface area (Å²) in [6.07, 6.45) is 2.81. The SMILES string of the molecule is OCC(O)COc1c(F)c(F)c(C2=C3C=CC=[N+]3[B-](F)(F)n3cccc32)c(F)c1F. The molecule has 2 N–H and O–H groups in total. The lowest BCUT2D eigenvalue weighted by Gasteiger charge is -2.31. The number of halogens is 6. The fraction of sp³-hybridized carbons (Fsp3) is 0.167. The molecule has 12 heteroatoms. The number of ether oxygens (including phenoxy) is 1. The van der Waals surface area contributed by atoms with E-state index in [2.05, 4.69) is 4.74 Å². The van der Waals surface area contributed by atoms with Gasteiger partial charge >= 0.3 is 6.97 Å². The predicted molar refractivity (Wildman–Crippen MR) is 94.1 cm³/mol. The number of hydrogen-bond donors (Lipinski definition) is 2. The molecule has 158 valence electrons. The second kappa shape index (κ2) is 7.06. The van der Waals surface area contributed by atoms with Crippen LogP contribution in [0.5, 0.6) is 5.75 Å². The van der Waals surface area contributed by atoms with E-state index in [-0.39, 0.29) is 11.4 Å². The summed E-state index contributed by atoms with van der Waals surface area (Å²) < 4.78 is 93.9. The molecule has 2 aromatic rings. The van der Waals surface area contributed by atoms with Gasteiger partial charge in [0.1, 0.15) is 18.9 Å². The maximum Gasteiger partial charge on any atom is 0.737 e. The summed E-state index contributed by atoms with van der Waals surface area (Å²) >= 11 is 0. The smallest absolute Gasteiger partial charge is 0.485 e. The van der Waals surface area contributed by atoms with Crippen LogP contribution in [0.2, 0.25) is 0 Å². The Balaban J connectivity index is 1.94. The average Bonchev–Trinajstić information content (AvgIpc) is 3.39. The Kier molecular flexibility index (Phi) is 4.78. The number of fused-ring (bicyclic) bond motifs is 2. The van der Waals surface area contributed by atoms with Crippen molar-refractivity contribution in [3.05, 3.63) is 70.7 Å².